The van der Waals surface area contributed by atoms with Gasteiger partial charge in [0.2, 0.25) is 5.91 Å². The molecule has 5 atom stereocenters. The number of carbonyl (C=O) groups is 1. The lowest BCUT2D eigenvalue weighted by Gasteiger charge is -2.41. The van der Waals surface area contributed by atoms with Crippen molar-refractivity contribution >= 4 is 11.6 Å². The lowest BCUT2D eigenvalue weighted by Crippen LogP contribution is -2.41. The highest BCUT2D eigenvalue weighted by Gasteiger charge is 2.46. The third-order valence-corrected chi connectivity index (χ3v) is 6.58. The third kappa shape index (κ3) is 4.41. The highest BCUT2D eigenvalue weighted by Crippen LogP contribution is 2.51. The van der Waals surface area contributed by atoms with Crippen LogP contribution in [0.1, 0.15) is 43.2 Å². The molecule has 1 aromatic rings. The first-order chi connectivity index (χ1) is 14.3. The third-order valence-electron chi connectivity index (χ3n) is 6.58. The molecular weight excluding hydrogens is 391 g/mol. The molecule has 7 heteroatoms. The number of amides is 1. The minimum Gasteiger partial charge on any atom is -0.381 e. The predicted molar refractivity (Wildman–Crippen MR) is 111 cm³/mol. The molecule has 1 fully saturated rings. The van der Waals surface area contributed by atoms with Gasteiger partial charge >= 0.3 is 6.18 Å². The summed E-state index contributed by atoms with van der Waals surface area (Å²) in [7, 11) is 0. The number of alkyl halides is 3. The summed E-state index contributed by atoms with van der Waals surface area (Å²) in [6.45, 7) is 2.69. The van der Waals surface area contributed by atoms with Crippen LogP contribution >= 0.6 is 0 Å². The summed E-state index contributed by atoms with van der Waals surface area (Å²) in [5, 5.41) is 9.85. The van der Waals surface area contributed by atoms with Crippen molar-refractivity contribution in [2.45, 2.75) is 50.4 Å². The van der Waals surface area contributed by atoms with Crippen LogP contribution in [-0.2, 0) is 11.0 Å². The molecule has 0 spiro atoms. The molecule has 0 radical (unpaired) electrons. The molecule has 1 aromatic carbocycles. The Hall–Kier alpha value is -2.28. The Morgan fingerprint density at radius 1 is 1.20 bits per heavy atom. The van der Waals surface area contributed by atoms with Gasteiger partial charge < -0.3 is 16.0 Å². The first kappa shape index (κ1) is 21.0. The van der Waals surface area contributed by atoms with Crippen LogP contribution in [0.3, 0.4) is 0 Å². The molecule has 3 N–H and O–H groups in total. The lowest BCUT2D eigenvalue weighted by molar-refractivity contribution is -0.137. The quantitative estimate of drug-likeness (QED) is 0.627. The van der Waals surface area contributed by atoms with Crippen LogP contribution < -0.4 is 16.0 Å². The van der Waals surface area contributed by atoms with E-state index >= 15 is 0 Å². The molecule has 1 amide bonds. The molecule has 2 aliphatic carbocycles. The average Bonchev–Trinajstić information content (AvgIpc) is 3.14. The predicted octanol–water partition coefficient (Wildman–Crippen LogP) is 4.22. The molecule has 4 rings (SSSR count). The van der Waals surface area contributed by atoms with Crippen molar-refractivity contribution in [3.63, 3.8) is 0 Å². The first-order valence-electron chi connectivity index (χ1n) is 10.6. The van der Waals surface area contributed by atoms with Crippen LogP contribution in [0.25, 0.3) is 0 Å². The van der Waals surface area contributed by atoms with Crippen molar-refractivity contribution in [2.24, 2.45) is 11.8 Å². The van der Waals surface area contributed by atoms with E-state index in [9.17, 15) is 18.0 Å². The van der Waals surface area contributed by atoms with E-state index in [1.54, 1.807) is 6.07 Å². The molecule has 0 saturated heterocycles. The zero-order valence-electron chi connectivity index (χ0n) is 17.0. The van der Waals surface area contributed by atoms with Gasteiger partial charge in [-0.25, -0.2) is 0 Å². The second-order valence-electron chi connectivity index (χ2n) is 8.56. The van der Waals surface area contributed by atoms with Crippen LogP contribution in [0.2, 0.25) is 0 Å². The molecule has 1 aliphatic heterocycles. The van der Waals surface area contributed by atoms with Gasteiger partial charge in [-0.05, 0) is 54.9 Å². The van der Waals surface area contributed by atoms with Gasteiger partial charge in [-0.3, -0.25) is 4.79 Å². The molecule has 0 aromatic heterocycles. The number of fused-ring (bicyclic) bond motifs is 3. The van der Waals surface area contributed by atoms with E-state index in [0.717, 1.165) is 30.5 Å². The summed E-state index contributed by atoms with van der Waals surface area (Å²) in [5.41, 5.74) is 1.03. The highest BCUT2D eigenvalue weighted by atomic mass is 19.4. The maximum absolute atomic E-state index is 13.3. The van der Waals surface area contributed by atoms with Gasteiger partial charge in [0.25, 0.3) is 0 Å². The number of benzene rings is 1. The normalized spacial score (nSPS) is 29.8. The van der Waals surface area contributed by atoms with Crippen molar-refractivity contribution in [3.05, 3.63) is 53.6 Å². The summed E-state index contributed by atoms with van der Waals surface area (Å²) >= 11 is 0. The molecule has 1 unspecified atom stereocenters. The van der Waals surface area contributed by atoms with Gasteiger partial charge in [-0.2, -0.15) is 13.2 Å². The van der Waals surface area contributed by atoms with Gasteiger partial charge in [0.05, 0.1) is 5.56 Å². The lowest BCUT2D eigenvalue weighted by atomic mass is 9.73. The smallest absolute Gasteiger partial charge is 0.381 e. The van der Waals surface area contributed by atoms with E-state index in [2.05, 4.69) is 34.2 Å². The Kier molecular flexibility index (Phi) is 5.91. The fourth-order valence-corrected chi connectivity index (χ4v) is 5.26. The number of allylic oxidation sites excluding steroid dienone is 3. The van der Waals surface area contributed by atoms with Gasteiger partial charge in [-0.15, -0.1) is 0 Å². The minimum atomic E-state index is -4.34. The van der Waals surface area contributed by atoms with E-state index < -0.39 is 11.7 Å². The fraction of sp³-hybridized carbons (Fsp3) is 0.522. The highest BCUT2D eigenvalue weighted by molar-refractivity contribution is 5.72. The molecule has 1 heterocycles. The van der Waals surface area contributed by atoms with Crippen molar-refractivity contribution in [2.75, 3.05) is 18.4 Å². The van der Waals surface area contributed by atoms with E-state index in [1.807, 2.05) is 6.08 Å². The van der Waals surface area contributed by atoms with Crippen molar-refractivity contribution in [3.8, 4) is 0 Å². The first-order valence-corrected chi connectivity index (χ1v) is 10.6. The van der Waals surface area contributed by atoms with Crippen molar-refractivity contribution < 1.29 is 18.0 Å². The Morgan fingerprint density at radius 2 is 2.03 bits per heavy atom. The maximum Gasteiger partial charge on any atom is 0.416 e. The Bertz CT molecular complexity index is 849. The maximum atomic E-state index is 13.3. The summed E-state index contributed by atoms with van der Waals surface area (Å²) in [5.74, 6) is 0.620. The zero-order valence-corrected chi connectivity index (χ0v) is 17.0. The molecule has 162 valence electrons. The van der Waals surface area contributed by atoms with Crippen molar-refractivity contribution in [1.29, 1.82) is 0 Å². The second kappa shape index (κ2) is 8.46. The Balaban J connectivity index is 1.57. The standard InChI is InChI=1S/C23H28F3N3O/c1-14(30)27-9-10-28-17-12-18-19-11-16(23(24,25)26)7-8-21(19)29-22(20(18)13-17)15-5-3-2-4-6-15/h2-5,7-8,11,15,17-18,20,22,28-29H,6,9-10,12-13H2,1H3,(H,27,30)/t15?,17-,18+,20+,22-/m0/s1. The van der Waals surface area contributed by atoms with E-state index in [1.165, 1.54) is 19.1 Å². The molecule has 30 heavy (non-hydrogen) atoms. The number of hydrogen-bond donors (Lipinski definition) is 3. The Labute approximate surface area is 175 Å². The molecule has 1 saturated carbocycles. The monoisotopic (exact) mass is 419 g/mol. The zero-order chi connectivity index (χ0) is 21.3. The van der Waals surface area contributed by atoms with Gasteiger partial charge in [0, 0.05) is 43.7 Å². The second-order valence-corrected chi connectivity index (χ2v) is 8.56. The van der Waals surface area contributed by atoms with Gasteiger partial charge in [-0.1, -0.05) is 24.3 Å². The van der Waals surface area contributed by atoms with Crippen LogP contribution in [0.4, 0.5) is 18.9 Å². The van der Waals surface area contributed by atoms with Crippen LogP contribution in [0, 0.1) is 11.8 Å². The SMILES string of the molecule is CC(=O)NCCN[C@@H]1C[C@@H]2[C@H](C1)c1cc(C(F)(F)F)ccc1N[C@H]2C1C=CC=CC1. The van der Waals surface area contributed by atoms with Crippen LogP contribution in [0.5, 0.6) is 0 Å². The fourth-order valence-electron chi connectivity index (χ4n) is 5.26. The number of nitrogens with one attached hydrogen (secondary N) is 3. The summed E-state index contributed by atoms with van der Waals surface area (Å²) < 4.78 is 40.0. The minimum absolute atomic E-state index is 0.0631. The number of halogens is 3. The summed E-state index contributed by atoms with van der Waals surface area (Å²) in [6.07, 6.45) is 6.78. The summed E-state index contributed by atoms with van der Waals surface area (Å²) in [4.78, 5) is 11.1. The largest absolute Gasteiger partial charge is 0.416 e. The van der Waals surface area contributed by atoms with E-state index in [0.29, 0.717) is 19.0 Å². The number of rotatable bonds is 5. The summed E-state index contributed by atoms with van der Waals surface area (Å²) in [6, 6.07) is 4.54. The average molecular weight is 419 g/mol. The number of carbonyl (C=O) groups excluding carboxylic acids is 1. The van der Waals surface area contributed by atoms with Gasteiger partial charge in [0.1, 0.15) is 0 Å². The molecule has 3 aliphatic rings. The topological polar surface area (TPSA) is 53.2 Å². The van der Waals surface area contributed by atoms with E-state index in [-0.39, 0.29) is 29.8 Å². The van der Waals surface area contributed by atoms with Crippen molar-refractivity contribution in [1.82, 2.24) is 10.6 Å². The molecule has 4 nitrogen and oxygen atoms in total. The van der Waals surface area contributed by atoms with Gasteiger partial charge in [0.15, 0.2) is 0 Å². The number of hydrogen-bond acceptors (Lipinski definition) is 3. The van der Waals surface area contributed by atoms with Crippen LogP contribution in [0.15, 0.2) is 42.5 Å². The Morgan fingerprint density at radius 3 is 2.73 bits per heavy atom. The molecule has 0 bridgehead atoms. The van der Waals surface area contributed by atoms with Crippen LogP contribution in [-0.4, -0.2) is 31.1 Å². The number of anilines is 1. The van der Waals surface area contributed by atoms with E-state index in [4.69, 9.17) is 0 Å². The molecular formula is C23H28F3N3O.